The lowest BCUT2D eigenvalue weighted by atomic mass is 9.64. The van der Waals surface area contributed by atoms with Gasteiger partial charge in [0.25, 0.3) is 11.8 Å². The first-order valence-electron chi connectivity index (χ1n) is 15.1. The molecule has 0 aliphatic heterocycles. The first-order chi connectivity index (χ1) is 19.8. The molecule has 13 nitrogen and oxygen atoms in total. The molecule has 0 aromatic heterocycles. The number of carbonyl (C=O) groups excluding carboxylic acids is 5. The number of nitrogens with zero attached hydrogens (tertiary/aromatic N) is 2. The van der Waals surface area contributed by atoms with E-state index in [-0.39, 0.29) is 17.7 Å². The Labute approximate surface area is 240 Å². The van der Waals surface area contributed by atoms with Gasteiger partial charge < -0.3 is 35.5 Å². The molecular weight excluding hydrogens is 526 g/mol. The Balaban J connectivity index is 8.42. The Bertz CT molecular complexity index is 1040. The number of Topliss-reactive ketones (excluding diaryl/α,β-unsaturated/α-hetero) is 3. The maximum Gasteiger partial charge on any atom is 0.343 e. The van der Waals surface area contributed by atoms with E-state index in [0.29, 0.717) is 24.7 Å². The van der Waals surface area contributed by atoms with Crippen LogP contribution in [0.1, 0.15) is 78.3 Å². The number of nitrogens with one attached hydrogen (secondary N) is 1. The van der Waals surface area contributed by atoms with Crippen LogP contribution in [0.25, 0.3) is 0 Å². The number of amides is 2. The quantitative estimate of drug-likeness (QED) is 0.140. The third-order valence-electron chi connectivity index (χ3n) is 7.42. The third-order valence-corrected chi connectivity index (χ3v) is 7.42. The summed E-state index contributed by atoms with van der Waals surface area (Å²) >= 11 is 0. The highest BCUT2D eigenvalue weighted by molar-refractivity contribution is 6.30. The number of likely N-dealkylation sites (N-methyl/N-ethyl adjacent to an activating group) is 3. The standard InChI is InChI=1S/C27H47N3O10/c1-11-13-14-18(28-8)19(33)25(6,29(9)20(34)16(4)31)22(36)27(15(3)12-2,30(10)21(35)17(5)32)23(37)26(7,40)24(38)39/h15-18,28,31-32,40H,11-14H2,1-10H3,(H,38,39)/t15-,16-,17-,18-,25+,26+,27+/m0/s1/i8D,9D,10D. The molecule has 0 unspecified atom stereocenters. The van der Waals surface area contributed by atoms with E-state index >= 15 is 4.79 Å². The lowest BCUT2D eigenvalue weighted by Gasteiger charge is -2.51. The Kier molecular flexibility index (Phi) is 11.3. The predicted molar refractivity (Wildman–Crippen MR) is 145 cm³/mol. The van der Waals surface area contributed by atoms with Gasteiger partial charge in [-0.2, -0.15) is 0 Å². The van der Waals surface area contributed by atoms with Crippen molar-refractivity contribution in [2.75, 3.05) is 21.1 Å². The fraction of sp³-hybridized carbons (Fsp3) is 0.778. The number of aliphatic hydroxyl groups excluding tert-OH is 2. The van der Waals surface area contributed by atoms with Gasteiger partial charge in [-0.05, 0) is 47.1 Å². The Morgan fingerprint density at radius 3 is 1.77 bits per heavy atom. The molecule has 0 aromatic rings. The molecule has 0 spiro atoms. The van der Waals surface area contributed by atoms with Gasteiger partial charge >= 0.3 is 5.97 Å². The molecule has 13 heteroatoms. The smallest absolute Gasteiger partial charge is 0.343 e. The normalized spacial score (nSPS) is 20.0. The van der Waals surface area contributed by atoms with Crippen LogP contribution in [0.2, 0.25) is 0 Å². The molecule has 2 amide bonds. The van der Waals surface area contributed by atoms with Crippen molar-refractivity contribution in [1.29, 1.82) is 0 Å². The van der Waals surface area contributed by atoms with E-state index in [0.717, 1.165) is 20.8 Å². The largest absolute Gasteiger partial charge is 0.479 e. The van der Waals surface area contributed by atoms with Gasteiger partial charge in [0.2, 0.25) is 11.4 Å². The monoisotopic (exact) mass is 576 g/mol. The van der Waals surface area contributed by atoms with Crippen LogP contribution in [-0.2, 0) is 28.8 Å². The van der Waals surface area contributed by atoms with E-state index in [4.69, 9.17) is 4.11 Å². The molecule has 0 bridgehead atoms. The Morgan fingerprint density at radius 1 is 0.900 bits per heavy atom. The fourth-order valence-electron chi connectivity index (χ4n) is 4.48. The zero-order valence-electron chi connectivity index (χ0n) is 27.4. The summed E-state index contributed by atoms with van der Waals surface area (Å²) in [5.41, 5.74) is -9.47. The summed E-state index contributed by atoms with van der Waals surface area (Å²) in [6.07, 6.45) is -3.02. The van der Waals surface area contributed by atoms with Gasteiger partial charge in [0.15, 0.2) is 22.6 Å². The molecule has 0 saturated carbocycles. The van der Waals surface area contributed by atoms with Crippen LogP contribution in [0.5, 0.6) is 0 Å². The van der Waals surface area contributed by atoms with Crippen LogP contribution in [0.3, 0.4) is 0 Å². The van der Waals surface area contributed by atoms with Crippen molar-refractivity contribution in [2.24, 2.45) is 5.92 Å². The number of aliphatic hydroxyl groups is 3. The molecule has 7 atom stereocenters. The lowest BCUT2D eigenvalue weighted by molar-refractivity contribution is -0.180. The summed E-state index contributed by atoms with van der Waals surface area (Å²) in [5.74, 6) is -10.8. The van der Waals surface area contributed by atoms with Crippen LogP contribution >= 0.6 is 0 Å². The molecule has 0 rings (SSSR count). The molecule has 0 radical (unpaired) electrons. The minimum atomic E-state index is -3.39. The van der Waals surface area contributed by atoms with Crippen molar-refractivity contribution in [3.05, 3.63) is 0 Å². The first-order valence-corrected chi connectivity index (χ1v) is 13.0. The number of aliphatic carboxylic acids is 1. The predicted octanol–water partition coefficient (Wildman–Crippen LogP) is -0.470. The summed E-state index contributed by atoms with van der Waals surface area (Å²) in [6.45, 7) is 7.87. The van der Waals surface area contributed by atoms with E-state index < -0.39 is 97.1 Å². The topological polar surface area (TPSA) is 202 Å². The molecule has 0 heterocycles. The van der Waals surface area contributed by atoms with Gasteiger partial charge in [0.05, 0.1) is 6.04 Å². The van der Waals surface area contributed by atoms with Crippen molar-refractivity contribution in [3.63, 3.8) is 0 Å². The number of carboxylic acid groups (broad SMARTS) is 1. The number of hydrogen-bond donors (Lipinski definition) is 5. The molecule has 0 aromatic carbocycles. The van der Waals surface area contributed by atoms with Crippen molar-refractivity contribution in [2.45, 2.75) is 109 Å². The highest BCUT2D eigenvalue weighted by Gasteiger charge is 2.67. The number of rotatable bonds is 17. The van der Waals surface area contributed by atoms with Crippen LogP contribution in [0.15, 0.2) is 0 Å². The number of carboxylic acids is 1. The lowest BCUT2D eigenvalue weighted by Crippen LogP contribution is -2.78. The highest BCUT2D eigenvalue weighted by Crippen LogP contribution is 2.39. The average Bonchev–Trinajstić information content (AvgIpc) is 2.95. The van der Waals surface area contributed by atoms with Crippen LogP contribution in [0.4, 0.5) is 0 Å². The van der Waals surface area contributed by atoms with E-state index in [2.05, 4.69) is 5.32 Å². The van der Waals surface area contributed by atoms with Gasteiger partial charge in [-0.15, -0.1) is 0 Å². The molecule has 0 saturated heterocycles. The number of carbonyl (C=O) groups is 6. The summed E-state index contributed by atoms with van der Waals surface area (Å²) in [6, 6.07) is -1.33. The van der Waals surface area contributed by atoms with Crippen LogP contribution < -0.4 is 5.32 Å². The third kappa shape index (κ3) is 6.59. The first kappa shape index (κ1) is 31.8. The minimum absolute atomic E-state index is 0.0255. The van der Waals surface area contributed by atoms with E-state index in [1.165, 1.54) is 13.8 Å². The molecule has 5 N–H and O–H groups in total. The summed E-state index contributed by atoms with van der Waals surface area (Å²) < 4.78 is 23.9. The van der Waals surface area contributed by atoms with Crippen molar-refractivity contribution < 1.29 is 53.3 Å². The maximum absolute atomic E-state index is 15.1. The molecular formula is C27H47N3O10. The van der Waals surface area contributed by atoms with E-state index in [9.17, 15) is 44.4 Å². The van der Waals surface area contributed by atoms with Gasteiger partial charge in [-0.1, -0.05) is 40.0 Å². The summed E-state index contributed by atoms with van der Waals surface area (Å²) in [4.78, 5) is 83.2. The second-order valence-electron chi connectivity index (χ2n) is 10.3. The second kappa shape index (κ2) is 14.2. The number of unbranched alkanes of at least 4 members (excludes halogenated alkanes) is 1. The Hall–Kier alpha value is -2.74. The molecule has 230 valence electrons. The number of ketones is 3. The van der Waals surface area contributed by atoms with Gasteiger partial charge in [0, 0.05) is 18.2 Å². The zero-order chi connectivity index (χ0) is 34.1. The highest BCUT2D eigenvalue weighted by atomic mass is 16.4. The minimum Gasteiger partial charge on any atom is -0.479 e. The maximum atomic E-state index is 15.1. The van der Waals surface area contributed by atoms with Crippen LogP contribution in [-0.4, -0.2) is 121 Å². The molecule has 0 aliphatic rings. The second-order valence-corrected chi connectivity index (χ2v) is 10.3. The number of hydrogen-bond acceptors (Lipinski definition) is 10. The SMILES string of the molecule is [2H]CN[C@@H](CCCC)C(=O)[C@](C)(C(=O)[C@@](C(=O)[C@@](C)(O)C(=O)O)([C@@H](C)CC)N(C[2H])C(=O)[C@H](C)O)N(C[2H])C(=O)[C@H](C)O. The van der Waals surface area contributed by atoms with Crippen molar-refractivity contribution >= 4 is 35.1 Å². The molecule has 0 fully saturated rings. The molecule has 40 heavy (non-hydrogen) atoms. The zero-order valence-corrected chi connectivity index (χ0v) is 24.4. The van der Waals surface area contributed by atoms with E-state index in [1.54, 1.807) is 6.92 Å². The Morgan fingerprint density at radius 2 is 1.40 bits per heavy atom. The summed E-state index contributed by atoms with van der Waals surface area (Å²) in [5, 5.41) is 43.7. The van der Waals surface area contributed by atoms with Crippen molar-refractivity contribution in [3.8, 4) is 0 Å². The van der Waals surface area contributed by atoms with E-state index in [1.807, 2.05) is 0 Å². The molecule has 0 aliphatic carbocycles. The summed E-state index contributed by atoms with van der Waals surface area (Å²) in [7, 11) is -2.90. The van der Waals surface area contributed by atoms with Gasteiger partial charge in [-0.3, -0.25) is 24.0 Å². The van der Waals surface area contributed by atoms with Gasteiger partial charge in [-0.25, -0.2) is 4.79 Å². The average molecular weight is 577 g/mol. The van der Waals surface area contributed by atoms with Gasteiger partial charge in [0.1, 0.15) is 12.2 Å². The fourth-order valence-corrected chi connectivity index (χ4v) is 4.48. The van der Waals surface area contributed by atoms with Crippen LogP contribution in [0, 0.1) is 5.92 Å². The van der Waals surface area contributed by atoms with Crippen molar-refractivity contribution in [1.82, 2.24) is 15.1 Å².